The highest BCUT2D eigenvalue weighted by atomic mass is 19.1. The van der Waals surface area contributed by atoms with Gasteiger partial charge in [0.25, 0.3) is 0 Å². The van der Waals surface area contributed by atoms with Gasteiger partial charge in [-0.05, 0) is 32.9 Å². The van der Waals surface area contributed by atoms with E-state index in [1.807, 2.05) is 20.8 Å². The van der Waals surface area contributed by atoms with E-state index in [0.29, 0.717) is 24.5 Å². The van der Waals surface area contributed by atoms with Crippen LogP contribution in [0.15, 0.2) is 18.2 Å². The minimum absolute atomic E-state index is 0.0229. The molecule has 1 aromatic rings. The molecule has 4 nitrogen and oxygen atoms in total. The smallest absolute Gasteiger partial charge is 0.163 e. The molecule has 5 heteroatoms. The van der Waals surface area contributed by atoms with Gasteiger partial charge in [0.05, 0.1) is 19.8 Å². The maximum absolute atomic E-state index is 13.9. The Morgan fingerprint density at radius 2 is 2.25 bits per heavy atom. The molecule has 112 valence electrons. The third-order valence-electron chi connectivity index (χ3n) is 3.38. The second-order valence-corrected chi connectivity index (χ2v) is 5.44. The number of hydrogen-bond acceptors (Lipinski definition) is 4. The van der Waals surface area contributed by atoms with Crippen molar-refractivity contribution in [1.82, 2.24) is 5.32 Å². The van der Waals surface area contributed by atoms with Gasteiger partial charge >= 0.3 is 0 Å². The molecule has 0 aromatic heterocycles. The highest BCUT2D eigenvalue weighted by Gasteiger charge is 2.32. The molecule has 1 fully saturated rings. The first-order valence-electron chi connectivity index (χ1n) is 6.80. The van der Waals surface area contributed by atoms with Crippen LogP contribution in [0.25, 0.3) is 0 Å². The van der Waals surface area contributed by atoms with Gasteiger partial charge in [0, 0.05) is 18.2 Å². The maximum atomic E-state index is 13.9. The van der Waals surface area contributed by atoms with E-state index in [-0.39, 0.29) is 18.0 Å². The lowest BCUT2D eigenvalue weighted by molar-refractivity contribution is -0.137. The maximum Gasteiger partial charge on any atom is 0.163 e. The predicted molar refractivity (Wildman–Crippen MR) is 74.3 cm³/mol. The molecule has 1 saturated heterocycles. The molecule has 0 amide bonds. The molecule has 20 heavy (non-hydrogen) atoms. The summed E-state index contributed by atoms with van der Waals surface area (Å²) in [5.74, 6) is -0.257. The lowest BCUT2D eigenvalue weighted by Crippen LogP contribution is -2.32. The van der Waals surface area contributed by atoms with Gasteiger partial charge < -0.3 is 19.5 Å². The Kier molecular flexibility index (Phi) is 4.62. The van der Waals surface area contributed by atoms with Crippen LogP contribution in [-0.4, -0.2) is 32.2 Å². The van der Waals surface area contributed by atoms with Crippen molar-refractivity contribution in [3.63, 3.8) is 0 Å². The number of nitrogens with one attached hydrogen (secondary N) is 1. The molecule has 1 heterocycles. The van der Waals surface area contributed by atoms with Crippen molar-refractivity contribution in [2.45, 2.75) is 38.7 Å². The first-order valence-corrected chi connectivity index (χ1v) is 6.80. The minimum atomic E-state index is -0.536. The van der Waals surface area contributed by atoms with E-state index in [1.165, 1.54) is 6.07 Å². The van der Waals surface area contributed by atoms with Crippen molar-refractivity contribution in [1.29, 1.82) is 0 Å². The Morgan fingerprint density at radius 3 is 2.85 bits per heavy atom. The summed E-state index contributed by atoms with van der Waals surface area (Å²) in [7, 11) is 1.54. The third-order valence-corrected chi connectivity index (χ3v) is 3.38. The lowest BCUT2D eigenvalue weighted by Gasteiger charge is -2.21. The van der Waals surface area contributed by atoms with E-state index >= 15 is 0 Å². The number of rotatable bonds is 5. The average Bonchev–Trinajstić information content (AvgIpc) is 2.75. The molecule has 0 saturated carbocycles. The van der Waals surface area contributed by atoms with Gasteiger partial charge in [-0.25, -0.2) is 4.39 Å². The van der Waals surface area contributed by atoms with Gasteiger partial charge in [-0.1, -0.05) is 6.07 Å². The highest BCUT2D eigenvalue weighted by Crippen LogP contribution is 2.28. The summed E-state index contributed by atoms with van der Waals surface area (Å²) >= 11 is 0. The molecule has 1 aliphatic rings. The normalized spacial score (nSPS) is 22.8. The summed E-state index contributed by atoms with van der Waals surface area (Å²) in [4.78, 5) is 0. The van der Waals surface area contributed by atoms with Gasteiger partial charge in [-0.2, -0.15) is 0 Å². The molecule has 2 rings (SSSR count). The van der Waals surface area contributed by atoms with E-state index in [1.54, 1.807) is 19.2 Å². The van der Waals surface area contributed by atoms with E-state index < -0.39 is 5.79 Å². The van der Waals surface area contributed by atoms with Crippen molar-refractivity contribution >= 4 is 0 Å². The van der Waals surface area contributed by atoms with Gasteiger partial charge in [-0.15, -0.1) is 0 Å². The van der Waals surface area contributed by atoms with E-state index in [2.05, 4.69) is 5.32 Å². The number of methoxy groups -OCH3 is 1. The van der Waals surface area contributed by atoms with Crippen molar-refractivity contribution < 1.29 is 18.6 Å². The first kappa shape index (κ1) is 15.2. The molecule has 1 aromatic carbocycles. The van der Waals surface area contributed by atoms with Crippen molar-refractivity contribution in [2.75, 3.05) is 20.3 Å². The molecular weight excluding hydrogens is 261 g/mol. The number of hydrogen-bond donors (Lipinski definition) is 1. The molecule has 0 bridgehead atoms. The Bertz CT molecular complexity index is 464. The van der Waals surface area contributed by atoms with Gasteiger partial charge in [-0.3, -0.25) is 0 Å². The Hall–Kier alpha value is -1.17. The third kappa shape index (κ3) is 3.48. The number of benzene rings is 1. The van der Waals surface area contributed by atoms with Gasteiger partial charge in [0.1, 0.15) is 11.6 Å². The molecule has 1 aliphatic heterocycles. The fraction of sp³-hybridized carbons (Fsp3) is 0.600. The lowest BCUT2D eigenvalue weighted by atomic mass is 10.1. The van der Waals surface area contributed by atoms with Crippen molar-refractivity contribution in [3.05, 3.63) is 29.6 Å². The molecular formula is C15H22FNO3. The topological polar surface area (TPSA) is 39.7 Å². The largest absolute Gasteiger partial charge is 0.496 e. The molecule has 0 aliphatic carbocycles. The molecule has 2 unspecified atom stereocenters. The van der Waals surface area contributed by atoms with Crippen molar-refractivity contribution in [3.8, 4) is 5.75 Å². The van der Waals surface area contributed by atoms with Crippen LogP contribution in [0.4, 0.5) is 4.39 Å². The van der Waals surface area contributed by atoms with Crippen LogP contribution in [0.5, 0.6) is 5.75 Å². The highest BCUT2D eigenvalue weighted by molar-refractivity contribution is 5.36. The number of halogens is 1. The van der Waals surface area contributed by atoms with E-state index in [0.717, 1.165) is 0 Å². The fourth-order valence-electron chi connectivity index (χ4n) is 2.39. The second-order valence-electron chi connectivity index (χ2n) is 5.44. The van der Waals surface area contributed by atoms with Crippen LogP contribution in [0.1, 0.15) is 32.4 Å². The minimum Gasteiger partial charge on any atom is -0.496 e. The fourth-order valence-corrected chi connectivity index (χ4v) is 2.39. The summed E-state index contributed by atoms with van der Waals surface area (Å²) in [6, 6.07) is 4.67. The zero-order chi connectivity index (χ0) is 14.8. The molecule has 2 atom stereocenters. The molecule has 0 spiro atoms. The van der Waals surface area contributed by atoms with Crippen molar-refractivity contribution in [2.24, 2.45) is 0 Å². The summed E-state index contributed by atoms with van der Waals surface area (Å²) in [5, 5.41) is 3.27. The molecule has 1 N–H and O–H groups in total. The predicted octanol–water partition coefficient (Wildman–Crippen LogP) is 2.64. The Balaban J connectivity index is 1.97. The van der Waals surface area contributed by atoms with Gasteiger partial charge in [0.2, 0.25) is 0 Å². The monoisotopic (exact) mass is 283 g/mol. The average molecular weight is 283 g/mol. The first-order chi connectivity index (χ1) is 9.43. The van der Waals surface area contributed by atoms with E-state index in [4.69, 9.17) is 14.2 Å². The quantitative estimate of drug-likeness (QED) is 0.902. The summed E-state index contributed by atoms with van der Waals surface area (Å²) < 4.78 is 30.4. The van der Waals surface area contributed by atoms with Crippen LogP contribution in [0, 0.1) is 5.82 Å². The van der Waals surface area contributed by atoms with Gasteiger partial charge in [0.15, 0.2) is 5.79 Å². The van der Waals surface area contributed by atoms with Crippen LogP contribution < -0.4 is 10.1 Å². The second kappa shape index (κ2) is 6.08. The van der Waals surface area contributed by atoms with Crippen LogP contribution in [0.3, 0.4) is 0 Å². The zero-order valence-electron chi connectivity index (χ0n) is 12.4. The number of ether oxygens (including phenoxy) is 3. The zero-order valence-corrected chi connectivity index (χ0v) is 12.4. The van der Waals surface area contributed by atoms with Crippen LogP contribution in [0.2, 0.25) is 0 Å². The van der Waals surface area contributed by atoms with E-state index in [9.17, 15) is 4.39 Å². The summed E-state index contributed by atoms with van der Waals surface area (Å²) in [6.07, 6.45) is -0.0229. The Labute approximate surface area is 119 Å². The van der Waals surface area contributed by atoms with Crippen LogP contribution >= 0.6 is 0 Å². The standard InChI is InChI=1S/C15H22FNO3/c1-10(14-12(16)6-5-7-13(14)18-4)17-8-11-9-19-15(2,3)20-11/h5-7,10-11,17H,8-9H2,1-4H3. The Morgan fingerprint density at radius 1 is 1.50 bits per heavy atom. The summed E-state index contributed by atoms with van der Waals surface area (Å²) in [6.45, 7) is 6.82. The van der Waals surface area contributed by atoms with Crippen LogP contribution in [-0.2, 0) is 9.47 Å². The summed E-state index contributed by atoms with van der Waals surface area (Å²) in [5.41, 5.74) is 0.535. The SMILES string of the molecule is COc1cccc(F)c1C(C)NCC1COC(C)(C)O1. The molecule has 0 radical (unpaired) electrons.